The van der Waals surface area contributed by atoms with Crippen LogP contribution >= 0.6 is 0 Å². The van der Waals surface area contributed by atoms with Gasteiger partial charge < -0.3 is 4.74 Å². The lowest BCUT2D eigenvalue weighted by atomic mass is 9.74. The monoisotopic (exact) mass is 364 g/mol. The molecule has 0 aromatic heterocycles. The van der Waals surface area contributed by atoms with Crippen molar-refractivity contribution < 1.29 is 4.74 Å². The molecule has 0 saturated carbocycles. The molecule has 1 saturated heterocycles. The molecule has 0 spiro atoms. The van der Waals surface area contributed by atoms with Gasteiger partial charge in [0.05, 0.1) is 0 Å². The quantitative estimate of drug-likeness (QED) is 0.354. The maximum Gasteiger partial charge on any atom is 0.153 e. The molecule has 28 heavy (non-hydrogen) atoms. The number of rotatable bonds is 5. The van der Waals surface area contributed by atoms with Crippen molar-refractivity contribution in [1.82, 2.24) is 0 Å². The van der Waals surface area contributed by atoms with Crippen LogP contribution in [-0.4, -0.2) is 0 Å². The fourth-order valence-corrected chi connectivity index (χ4v) is 4.85. The number of epoxide rings is 1. The highest BCUT2D eigenvalue weighted by molar-refractivity contribution is 5.88. The van der Waals surface area contributed by atoms with Gasteiger partial charge in [-0.05, 0) is 33.9 Å². The minimum absolute atomic E-state index is 0.339. The van der Waals surface area contributed by atoms with Crippen LogP contribution in [0.3, 0.4) is 0 Å². The lowest BCUT2D eigenvalue weighted by molar-refractivity contribution is 0.267. The molecular formula is C27H24O. The van der Waals surface area contributed by atoms with E-state index >= 15 is 0 Å². The molecule has 4 aromatic rings. The lowest BCUT2D eigenvalue weighted by Crippen LogP contribution is -2.24. The summed E-state index contributed by atoms with van der Waals surface area (Å²) in [7, 11) is 0. The molecule has 2 atom stereocenters. The van der Waals surface area contributed by atoms with E-state index in [0.717, 1.165) is 12.8 Å². The van der Waals surface area contributed by atoms with Gasteiger partial charge in [0.15, 0.2) is 5.60 Å². The number of ether oxygens (including phenoxy) is 1. The van der Waals surface area contributed by atoms with Crippen molar-refractivity contribution >= 4 is 10.8 Å². The third-order valence-corrected chi connectivity index (χ3v) is 6.05. The molecule has 138 valence electrons. The molecule has 1 aliphatic heterocycles. The molecule has 4 aromatic carbocycles. The molecule has 1 heterocycles. The van der Waals surface area contributed by atoms with Gasteiger partial charge in [-0.2, -0.15) is 0 Å². The summed E-state index contributed by atoms with van der Waals surface area (Å²) in [6, 6.07) is 36.7. The summed E-state index contributed by atoms with van der Waals surface area (Å²) in [6.07, 6.45) is 2.05. The number of fused-ring (bicyclic) bond motifs is 1. The Kier molecular flexibility index (Phi) is 4.07. The van der Waals surface area contributed by atoms with Gasteiger partial charge >= 0.3 is 0 Å². The Bertz CT molecular complexity index is 1100. The van der Waals surface area contributed by atoms with E-state index in [4.69, 9.17) is 4.74 Å². The molecule has 0 aliphatic carbocycles. The van der Waals surface area contributed by atoms with E-state index in [2.05, 4.69) is 110 Å². The second kappa shape index (κ2) is 6.61. The summed E-state index contributed by atoms with van der Waals surface area (Å²) in [5.41, 5.74) is 2.94. The van der Waals surface area contributed by atoms with Crippen LogP contribution in [0.4, 0.5) is 0 Å². The Morgan fingerprint density at radius 2 is 1.25 bits per heavy atom. The summed E-state index contributed by atoms with van der Waals surface area (Å²) in [6.45, 7) is 2.24. The number of hydrogen-bond acceptors (Lipinski definition) is 1. The predicted molar refractivity (Wildman–Crippen MR) is 115 cm³/mol. The second-order valence-corrected chi connectivity index (χ2v) is 7.62. The molecule has 1 fully saturated rings. The summed E-state index contributed by atoms with van der Waals surface area (Å²) in [5.74, 6) is 0. The van der Waals surface area contributed by atoms with Crippen molar-refractivity contribution in [3.8, 4) is 0 Å². The highest BCUT2D eigenvalue weighted by Crippen LogP contribution is 2.68. The van der Waals surface area contributed by atoms with E-state index in [-0.39, 0.29) is 5.60 Å². The fourth-order valence-electron chi connectivity index (χ4n) is 4.85. The van der Waals surface area contributed by atoms with E-state index in [1.165, 1.54) is 27.5 Å². The highest BCUT2D eigenvalue weighted by atomic mass is 16.6. The van der Waals surface area contributed by atoms with Gasteiger partial charge in [0.2, 0.25) is 0 Å². The predicted octanol–water partition coefficient (Wildman–Crippen LogP) is 6.81. The molecule has 1 heteroatoms. The van der Waals surface area contributed by atoms with Gasteiger partial charge in [-0.3, -0.25) is 0 Å². The molecule has 0 bridgehead atoms. The zero-order chi connectivity index (χ0) is 19.0. The first kappa shape index (κ1) is 17.2. The highest BCUT2D eigenvalue weighted by Gasteiger charge is 2.72. The average Bonchev–Trinajstić information content (AvgIpc) is 3.45. The first-order valence-corrected chi connectivity index (χ1v) is 10.1. The number of hydrogen-bond donors (Lipinski definition) is 0. The van der Waals surface area contributed by atoms with E-state index in [9.17, 15) is 0 Å². The maximum atomic E-state index is 6.90. The number of benzene rings is 4. The van der Waals surface area contributed by atoms with Gasteiger partial charge in [0.1, 0.15) is 5.60 Å². The smallest absolute Gasteiger partial charge is 0.153 e. The van der Waals surface area contributed by atoms with Gasteiger partial charge in [0, 0.05) is 0 Å². The SMILES string of the molecule is CCCC1(c2ccccc2)OC1(c1ccccc1)c1cccc2ccccc12. The van der Waals surface area contributed by atoms with Crippen molar-refractivity contribution in [3.63, 3.8) is 0 Å². The zero-order valence-electron chi connectivity index (χ0n) is 16.1. The van der Waals surface area contributed by atoms with Gasteiger partial charge in [-0.1, -0.05) is 116 Å². The van der Waals surface area contributed by atoms with Crippen LogP contribution in [0.1, 0.15) is 36.5 Å². The molecule has 0 radical (unpaired) electrons. The zero-order valence-corrected chi connectivity index (χ0v) is 16.1. The van der Waals surface area contributed by atoms with E-state index in [1.807, 2.05) is 0 Å². The van der Waals surface area contributed by atoms with Crippen LogP contribution in [0.2, 0.25) is 0 Å². The van der Waals surface area contributed by atoms with Crippen molar-refractivity contribution in [2.24, 2.45) is 0 Å². The van der Waals surface area contributed by atoms with Crippen LogP contribution in [-0.2, 0) is 15.9 Å². The molecule has 1 nitrogen and oxygen atoms in total. The Labute approximate surface area is 166 Å². The molecule has 0 amide bonds. The minimum atomic E-state index is -0.466. The Balaban J connectivity index is 1.82. The van der Waals surface area contributed by atoms with E-state index in [0.29, 0.717) is 0 Å². The standard InChI is InChI=1S/C27H24O/c1-2-20-26(22-14-5-3-6-15-22)27(28-26,23-16-7-4-8-17-23)25-19-11-13-21-12-9-10-18-24(21)25/h3-19H,2,20H2,1H3. The van der Waals surface area contributed by atoms with Gasteiger partial charge in [-0.25, -0.2) is 0 Å². The van der Waals surface area contributed by atoms with Gasteiger partial charge in [0.25, 0.3) is 0 Å². The van der Waals surface area contributed by atoms with E-state index in [1.54, 1.807) is 0 Å². The third-order valence-electron chi connectivity index (χ3n) is 6.05. The van der Waals surface area contributed by atoms with Crippen LogP contribution in [0.15, 0.2) is 103 Å². The molecule has 1 aliphatic rings. The van der Waals surface area contributed by atoms with Crippen LogP contribution < -0.4 is 0 Å². The van der Waals surface area contributed by atoms with Crippen molar-refractivity contribution in [1.29, 1.82) is 0 Å². The van der Waals surface area contributed by atoms with Crippen molar-refractivity contribution in [2.75, 3.05) is 0 Å². The molecular weight excluding hydrogens is 340 g/mol. The van der Waals surface area contributed by atoms with Crippen molar-refractivity contribution in [2.45, 2.75) is 31.0 Å². The van der Waals surface area contributed by atoms with E-state index < -0.39 is 5.60 Å². The van der Waals surface area contributed by atoms with Crippen LogP contribution in [0.25, 0.3) is 10.8 Å². The third kappa shape index (κ3) is 2.36. The Morgan fingerprint density at radius 3 is 1.96 bits per heavy atom. The molecule has 5 rings (SSSR count). The van der Waals surface area contributed by atoms with Gasteiger partial charge in [-0.15, -0.1) is 0 Å². The summed E-state index contributed by atoms with van der Waals surface area (Å²) >= 11 is 0. The molecule has 2 unspecified atom stereocenters. The summed E-state index contributed by atoms with van der Waals surface area (Å²) in [4.78, 5) is 0. The first-order chi connectivity index (χ1) is 13.8. The van der Waals surface area contributed by atoms with Crippen LogP contribution in [0.5, 0.6) is 0 Å². The Morgan fingerprint density at radius 1 is 0.643 bits per heavy atom. The topological polar surface area (TPSA) is 12.5 Å². The van der Waals surface area contributed by atoms with Crippen molar-refractivity contribution in [3.05, 3.63) is 120 Å². The summed E-state index contributed by atoms with van der Waals surface area (Å²) in [5, 5.41) is 2.52. The fraction of sp³-hybridized carbons (Fsp3) is 0.185. The molecule has 0 N–H and O–H groups in total. The summed E-state index contributed by atoms with van der Waals surface area (Å²) < 4.78 is 6.90. The second-order valence-electron chi connectivity index (χ2n) is 7.62. The van der Waals surface area contributed by atoms with Crippen LogP contribution in [0, 0.1) is 0 Å². The minimum Gasteiger partial charge on any atom is -0.347 e. The Hall–Kier alpha value is -2.90. The normalized spacial score (nSPS) is 23.6. The maximum absolute atomic E-state index is 6.90. The lowest BCUT2D eigenvalue weighted by Gasteiger charge is -2.23. The largest absolute Gasteiger partial charge is 0.347 e. The average molecular weight is 364 g/mol. The first-order valence-electron chi connectivity index (χ1n) is 10.1.